The van der Waals surface area contributed by atoms with E-state index >= 15 is 0 Å². The van der Waals surface area contributed by atoms with Crippen LogP contribution in [0.5, 0.6) is 5.75 Å². The van der Waals surface area contributed by atoms with E-state index in [-0.39, 0.29) is 18.5 Å². The number of nitrogens with zero attached hydrogens (tertiary/aromatic N) is 2. The van der Waals surface area contributed by atoms with Gasteiger partial charge >= 0.3 is 6.09 Å². The Morgan fingerprint density at radius 3 is 2.70 bits per heavy atom. The first-order valence-electron chi connectivity index (χ1n) is 8.58. The molecule has 1 saturated heterocycles. The Bertz CT molecular complexity index is 949. The fourth-order valence-corrected chi connectivity index (χ4v) is 3.37. The Labute approximate surface area is 156 Å². The number of ether oxygens (including phenoxy) is 2. The second-order valence-electron chi connectivity index (χ2n) is 6.48. The predicted octanol–water partition coefficient (Wildman–Crippen LogP) is 2.45. The summed E-state index contributed by atoms with van der Waals surface area (Å²) in [7, 11) is 0. The van der Waals surface area contributed by atoms with E-state index in [2.05, 4.69) is 11.4 Å². The Balaban J connectivity index is 1.60. The highest BCUT2D eigenvalue weighted by atomic mass is 16.6. The Morgan fingerprint density at radius 1 is 1.26 bits per heavy atom. The van der Waals surface area contributed by atoms with Crippen LogP contribution >= 0.6 is 0 Å². The third-order valence-corrected chi connectivity index (χ3v) is 4.74. The average Bonchev–Trinajstić information content (AvgIpc) is 3.02. The summed E-state index contributed by atoms with van der Waals surface area (Å²) in [6, 6.07) is 14.7. The number of carbonyl (C=O) groups is 2. The normalized spacial score (nSPS) is 20.0. The number of fused-ring (bicyclic) bond motifs is 3. The van der Waals surface area contributed by atoms with Gasteiger partial charge in [-0.3, -0.25) is 9.69 Å². The van der Waals surface area contributed by atoms with Crippen molar-refractivity contribution in [3.8, 4) is 22.9 Å². The Morgan fingerprint density at radius 2 is 2.00 bits per heavy atom. The van der Waals surface area contributed by atoms with E-state index in [0.29, 0.717) is 23.6 Å². The zero-order chi connectivity index (χ0) is 19.0. The topological polar surface area (TPSA) is 91.7 Å². The number of amides is 2. The van der Waals surface area contributed by atoms with E-state index in [1.807, 2.05) is 30.3 Å². The zero-order valence-corrected chi connectivity index (χ0v) is 14.6. The van der Waals surface area contributed by atoms with Crippen LogP contribution in [0.1, 0.15) is 12.5 Å². The second-order valence-corrected chi connectivity index (χ2v) is 6.48. The minimum atomic E-state index is -0.451. The largest absolute Gasteiger partial charge is 0.489 e. The molecule has 0 aliphatic carbocycles. The number of nitriles is 1. The van der Waals surface area contributed by atoms with Crippen LogP contribution in [0.3, 0.4) is 0 Å². The first kappa shape index (κ1) is 16.9. The van der Waals surface area contributed by atoms with Gasteiger partial charge in [0.2, 0.25) is 5.91 Å². The van der Waals surface area contributed by atoms with Gasteiger partial charge in [0.25, 0.3) is 0 Å². The van der Waals surface area contributed by atoms with Gasteiger partial charge < -0.3 is 14.8 Å². The highest BCUT2D eigenvalue weighted by Gasteiger charge is 2.46. The van der Waals surface area contributed by atoms with Crippen LogP contribution in [0.2, 0.25) is 0 Å². The van der Waals surface area contributed by atoms with Crippen molar-refractivity contribution in [2.75, 3.05) is 18.1 Å². The average molecular weight is 363 g/mol. The zero-order valence-electron chi connectivity index (χ0n) is 14.6. The van der Waals surface area contributed by atoms with Gasteiger partial charge in [-0.25, -0.2) is 4.79 Å². The molecule has 7 nitrogen and oxygen atoms in total. The molecule has 2 aliphatic rings. The molecule has 2 aromatic rings. The summed E-state index contributed by atoms with van der Waals surface area (Å²) in [5, 5.41) is 11.6. The van der Waals surface area contributed by atoms with Gasteiger partial charge in [-0.2, -0.15) is 5.26 Å². The second kappa shape index (κ2) is 6.65. The molecule has 0 unspecified atom stereocenters. The number of benzene rings is 2. The number of hydrogen-bond acceptors (Lipinski definition) is 5. The Kier molecular flexibility index (Phi) is 4.16. The Hall–Kier alpha value is -3.53. The van der Waals surface area contributed by atoms with Crippen LogP contribution in [0.25, 0.3) is 11.1 Å². The molecule has 0 aromatic heterocycles. The molecule has 0 radical (unpaired) electrons. The van der Waals surface area contributed by atoms with Crippen LogP contribution in [-0.4, -0.2) is 37.3 Å². The van der Waals surface area contributed by atoms with Gasteiger partial charge in [0, 0.05) is 6.92 Å². The monoisotopic (exact) mass is 363 g/mol. The van der Waals surface area contributed by atoms with Crippen molar-refractivity contribution in [1.29, 1.82) is 5.26 Å². The maximum Gasteiger partial charge on any atom is 0.415 e. The van der Waals surface area contributed by atoms with E-state index in [0.717, 1.165) is 11.1 Å². The third-order valence-electron chi connectivity index (χ3n) is 4.74. The van der Waals surface area contributed by atoms with Crippen LogP contribution in [0.4, 0.5) is 10.5 Å². The summed E-state index contributed by atoms with van der Waals surface area (Å²) in [4.78, 5) is 25.1. The number of cyclic esters (lactones) is 1. The van der Waals surface area contributed by atoms with Crippen molar-refractivity contribution < 1.29 is 19.1 Å². The molecule has 2 aliphatic heterocycles. The van der Waals surface area contributed by atoms with Crippen LogP contribution in [0.15, 0.2) is 42.5 Å². The SMILES string of the molecule is CC(=O)NC[C@@H]1OC(=O)N2c3ccc(-c4ccc(C#N)cc4)cc3OC[C@@H]12. The first-order valence-corrected chi connectivity index (χ1v) is 8.58. The fourth-order valence-electron chi connectivity index (χ4n) is 3.37. The first-order chi connectivity index (χ1) is 13.1. The molecule has 0 bridgehead atoms. The predicted molar refractivity (Wildman–Crippen MR) is 97.3 cm³/mol. The lowest BCUT2D eigenvalue weighted by atomic mass is 10.0. The molecule has 2 atom stereocenters. The van der Waals surface area contributed by atoms with E-state index in [1.165, 1.54) is 6.92 Å². The molecule has 2 amide bonds. The molecule has 2 aromatic carbocycles. The summed E-state index contributed by atoms with van der Waals surface area (Å²) in [5.41, 5.74) is 3.13. The van der Waals surface area contributed by atoms with Crippen molar-refractivity contribution in [3.63, 3.8) is 0 Å². The van der Waals surface area contributed by atoms with Crippen molar-refractivity contribution in [1.82, 2.24) is 5.32 Å². The standard InChI is InChI=1S/C20H17N3O4/c1-12(24)22-10-19-17-11-26-18-8-15(14-4-2-13(9-21)3-5-14)6-7-16(18)23(17)20(25)27-19/h2-8,17,19H,10-11H2,1H3,(H,22,24)/t17-,19-/m0/s1. The minimum absolute atomic E-state index is 0.173. The molecule has 1 N–H and O–H groups in total. The number of hydrogen-bond donors (Lipinski definition) is 1. The molecule has 1 fully saturated rings. The van der Waals surface area contributed by atoms with Crippen molar-refractivity contribution in [2.24, 2.45) is 0 Å². The summed E-state index contributed by atoms with van der Waals surface area (Å²) < 4.78 is 11.3. The van der Waals surface area contributed by atoms with Gasteiger partial charge in [0.1, 0.15) is 24.5 Å². The van der Waals surface area contributed by atoms with Gasteiger partial charge in [0.15, 0.2) is 0 Å². The quantitative estimate of drug-likeness (QED) is 0.904. The van der Waals surface area contributed by atoms with Gasteiger partial charge in [-0.05, 0) is 35.4 Å². The number of anilines is 1. The van der Waals surface area contributed by atoms with E-state index < -0.39 is 12.2 Å². The molecule has 0 spiro atoms. The summed E-state index contributed by atoms with van der Waals surface area (Å²) in [5.74, 6) is 0.430. The van der Waals surface area contributed by atoms with Gasteiger partial charge in [0.05, 0.1) is 23.9 Å². The minimum Gasteiger partial charge on any atom is -0.489 e. The third kappa shape index (κ3) is 3.06. The number of nitrogens with one attached hydrogen (secondary N) is 1. The smallest absolute Gasteiger partial charge is 0.415 e. The maximum absolute atomic E-state index is 12.4. The van der Waals surface area contributed by atoms with Crippen LogP contribution < -0.4 is 15.0 Å². The summed E-state index contributed by atoms with van der Waals surface area (Å²) >= 11 is 0. The summed E-state index contributed by atoms with van der Waals surface area (Å²) in [6.07, 6.45) is -0.890. The lowest BCUT2D eigenvalue weighted by molar-refractivity contribution is -0.119. The van der Waals surface area contributed by atoms with Crippen LogP contribution in [0, 0.1) is 11.3 Å². The number of rotatable bonds is 3. The molecule has 4 rings (SSSR count). The van der Waals surface area contributed by atoms with Gasteiger partial charge in [-0.1, -0.05) is 18.2 Å². The summed E-state index contributed by atoms with van der Waals surface area (Å²) in [6.45, 7) is 1.97. The van der Waals surface area contributed by atoms with Crippen LogP contribution in [-0.2, 0) is 9.53 Å². The lowest BCUT2D eigenvalue weighted by Gasteiger charge is -2.31. The maximum atomic E-state index is 12.4. The van der Waals surface area contributed by atoms with E-state index in [9.17, 15) is 9.59 Å². The highest BCUT2D eigenvalue weighted by Crippen LogP contribution is 2.40. The van der Waals surface area contributed by atoms with Crippen molar-refractivity contribution in [3.05, 3.63) is 48.0 Å². The molecule has 7 heteroatoms. The van der Waals surface area contributed by atoms with E-state index in [1.54, 1.807) is 17.0 Å². The van der Waals surface area contributed by atoms with Gasteiger partial charge in [-0.15, -0.1) is 0 Å². The molecule has 0 saturated carbocycles. The fraction of sp³-hybridized carbons (Fsp3) is 0.250. The highest BCUT2D eigenvalue weighted by molar-refractivity contribution is 5.94. The molecule has 2 heterocycles. The molecular weight excluding hydrogens is 346 g/mol. The molecule has 27 heavy (non-hydrogen) atoms. The lowest BCUT2D eigenvalue weighted by Crippen LogP contribution is -2.47. The molecule has 136 valence electrons. The van der Waals surface area contributed by atoms with E-state index in [4.69, 9.17) is 14.7 Å². The number of carbonyl (C=O) groups excluding carboxylic acids is 2. The molecular formula is C20H17N3O4. The van der Waals surface area contributed by atoms with Crippen molar-refractivity contribution in [2.45, 2.75) is 19.1 Å². The van der Waals surface area contributed by atoms with Crippen molar-refractivity contribution >= 4 is 17.7 Å².